The number of carbonyl (C=O) groups excluding carboxylic acids is 1. The van der Waals surface area contributed by atoms with Crippen LogP contribution in [0.2, 0.25) is 0 Å². The maximum Gasteiger partial charge on any atom is 0.267 e. The van der Waals surface area contributed by atoms with Crippen LogP contribution in [-0.2, 0) is 11.2 Å². The molecular formula is C23H22N4O3S2. The molecule has 2 aromatic heterocycles. The van der Waals surface area contributed by atoms with E-state index in [2.05, 4.69) is 10.3 Å². The van der Waals surface area contributed by atoms with Crippen LogP contribution in [0.5, 0.6) is 5.75 Å². The Morgan fingerprint density at radius 1 is 1.22 bits per heavy atom. The smallest absolute Gasteiger partial charge is 0.267 e. The van der Waals surface area contributed by atoms with Gasteiger partial charge in [-0.15, -0.1) is 0 Å². The zero-order valence-corrected chi connectivity index (χ0v) is 19.5. The number of carbonyl (C=O) groups is 1. The topological polar surface area (TPSA) is 75.9 Å². The third kappa shape index (κ3) is 4.13. The van der Waals surface area contributed by atoms with E-state index in [-0.39, 0.29) is 11.5 Å². The standard InChI is InChI=1S/C23H22N4O3S2/c1-14-5-4-11-26-20(14)25-19(24-2)17(21(26)28)13-18-22(29)27(23(31)32-18)12-10-15-6-8-16(30-3)9-7-15/h4-9,11,13,24H,10,12H2,1-3H3/b18-13-. The van der Waals surface area contributed by atoms with Gasteiger partial charge >= 0.3 is 0 Å². The van der Waals surface area contributed by atoms with Crippen molar-refractivity contribution in [1.29, 1.82) is 0 Å². The van der Waals surface area contributed by atoms with Crippen molar-refractivity contribution in [3.8, 4) is 5.75 Å². The molecule has 164 valence electrons. The largest absolute Gasteiger partial charge is 0.497 e. The minimum atomic E-state index is -0.244. The summed E-state index contributed by atoms with van der Waals surface area (Å²) >= 11 is 6.65. The van der Waals surface area contributed by atoms with E-state index in [1.165, 1.54) is 16.2 Å². The number of methoxy groups -OCH3 is 1. The molecule has 0 radical (unpaired) electrons. The third-order valence-electron chi connectivity index (χ3n) is 5.25. The fraction of sp³-hybridized carbons (Fsp3) is 0.217. The van der Waals surface area contributed by atoms with Gasteiger partial charge in [-0.25, -0.2) is 4.98 Å². The molecule has 0 spiro atoms. The molecule has 1 amide bonds. The van der Waals surface area contributed by atoms with E-state index >= 15 is 0 Å². The number of aryl methyl sites for hydroxylation is 1. The first-order valence-electron chi connectivity index (χ1n) is 10.0. The second kappa shape index (κ2) is 9.13. The number of thiocarbonyl (C=S) groups is 1. The molecule has 1 aliphatic rings. The van der Waals surface area contributed by atoms with Gasteiger partial charge in [0.15, 0.2) is 0 Å². The number of aromatic nitrogens is 2. The van der Waals surface area contributed by atoms with Gasteiger partial charge in [0, 0.05) is 19.8 Å². The van der Waals surface area contributed by atoms with Crippen LogP contribution in [0.25, 0.3) is 11.7 Å². The molecule has 0 bridgehead atoms. The highest BCUT2D eigenvalue weighted by atomic mass is 32.2. The van der Waals surface area contributed by atoms with Crippen LogP contribution in [0.4, 0.5) is 5.82 Å². The summed E-state index contributed by atoms with van der Waals surface area (Å²) < 4.78 is 7.15. The van der Waals surface area contributed by atoms with Gasteiger partial charge in [-0.1, -0.05) is 42.2 Å². The number of nitrogens with zero attached hydrogens (tertiary/aromatic N) is 3. The minimum Gasteiger partial charge on any atom is -0.497 e. The summed E-state index contributed by atoms with van der Waals surface area (Å²) in [5, 5.41) is 2.98. The van der Waals surface area contributed by atoms with Crippen molar-refractivity contribution in [2.75, 3.05) is 26.0 Å². The van der Waals surface area contributed by atoms with Gasteiger partial charge in [0.2, 0.25) is 0 Å². The zero-order chi connectivity index (χ0) is 22.8. The van der Waals surface area contributed by atoms with E-state index in [1.807, 2.05) is 37.3 Å². The molecule has 1 N–H and O–H groups in total. The quantitative estimate of drug-likeness (QED) is 0.440. The number of hydrogen-bond acceptors (Lipinski definition) is 7. The molecule has 32 heavy (non-hydrogen) atoms. The number of thioether (sulfide) groups is 1. The first-order chi connectivity index (χ1) is 15.4. The summed E-state index contributed by atoms with van der Waals surface area (Å²) in [6, 6.07) is 11.4. The fourth-order valence-electron chi connectivity index (χ4n) is 3.49. The predicted molar refractivity (Wildman–Crippen MR) is 132 cm³/mol. The molecule has 0 saturated carbocycles. The number of benzene rings is 1. The maximum absolute atomic E-state index is 13.1. The first kappa shape index (κ1) is 22.0. The Morgan fingerprint density at radius 2 is 1.97 bits per heavy atom. The Hall–Kier alpha value is -3.17. The van der Waals surface area contributed by atoms with Crippen LogP contribution in [0.1, 0.15) is 16.7 Å². The van der Waals surface area contributed by atoms with Gasteiger partial charge in [-0.3, -0.25) is 18.9 Å². The van der Waals surface area contributed by atoms with Gasteiger partial charge < -0.3 is 10.1 Å². The van der Waals surface area contributed by atoms with E-state index in [1.54, 1.807) is 37.4 Å². The lowest BCUT2D eigenvalue weighted by Gasteiger charge is -2.14. The number of hydrogen-bond donors (Lipinski definition) is 1. The first-order valence-corrected chi connectivity index (χ1v) is 11.2. The third-order valence-corrected chi connectivity index (χ3v) is 6.63. The summed E-state index contributed by atoms with van der Waals surface area (Å²) in [6.07, 6.45) is 3.92. The Labute approximate surface area is 195 Å². The molecular weight excluding hydrogens is 444 g/mol. The maximum atomic E-state index is 13.1. The van der Waals surface area contributed by atoms with Crippen LogP contribution in [0, 0.1) is 6.92 Å². The number of amides is 1. The van der Waals surface area contributed by atoms with Gasteiger partial charge in [-0.2, -0.15) is 0 Å². The number of ether oxygens (including phenoxy) is 1. The Bertz CT molecular complexity index is 1300. The van der Waals surface area contributed by atoms with Crippen molar-refractivity contribution in [1.82, 2.24) is 14.3 Å². The van der Waals surface area contributed by atoms with E-state index in [9.17, 15) is 9.59 Å². The van der Waals surface area contributed by atoms with Crippen LogP contribution in [0.3, 0.4) is 0 Å². The lowest BCUT2D eigenvalue weighted by molar-refractivity contribution is -0.122. The Morgan fingerprint density at radius 3 is 2.66 bits per heavy atom. The van der Waals surface area contributed by atoms with Crippen LogP contribution < -0.4 is 15.6 Å². The Balaban J connectivity index is 1.62. The lowest BCUT2D eigenvalue weighted by Crippen LogP contribution is -2.30. The molecule has 3 aromatic rings. The molecule has 9 heteroatoms. The lowest BCUT2D eigenvalue weighted by atomic mass is 10.1. The van der Waals surface area contributed by atoms with Crippen molar-refractivity contribution < 1.29 is 9.53 Å². The Kier molecular flexibility index (Phi) is 6.29. The molecule has 3 heterocycles. The van der Waals surface area contributed by atoms with Crippen molar-refractivity contribution in [2.45, 2.75) is 13.3 Å². The van der Waals surface area contributed by atoms with Gasteiger partial charge in [0.25, 0.3) is 11.5 Å². The second-order valence-corrected chi connectivity index (χ2v) is 8.92. The molecule has 0 unspecified atom stereocenters. The summed E-state index contributed by atoms with van der Waals surface area (Å²) in [7, 11) is 3.33. The van der Waals surface area contributed by atoms with E-state index < -0.39 is 0 Å². The van der Waals surface area contributed by atoms with E-state index in [0.717, 1.165) is 16.9 Å². The van der Waals surface area contributed by atoms with E-state index in [4.69, 9.17) is 17.0 Å². The molecule has 4 rings (SSSR count). The number of anilines is 1. The second-order valence-electron chi connectivity index (χ2n) is 7.25. The summed E-state index contributed by atoms with van der Waals surface area (Å²) in [5.74, 6) is 1.00. The monoisotopic (exact) mass is 466 g/mol. The normalized spacial score (nSPS) is 15.1. The van der Waals surface area contributed by atoms with Crippen molar-refractivity contribution in [3.63, 3.8) is 0 Å². The highest BCUT2D eigenvalue weighted by Gasteiger charge is 2.32. The summed E-state index contributed by atoms with van der Waals surface area (Å²) in [5.41, 5.74) is 2.62. The minimum absolute atomic E-state index is 0.204. The van der Waals surface area contributed by atoms with E-state index in [0.29, 0.717) is 39.2 Å². The average Bonchev–Trinajstić information content (AvgIpc) is 3.07. The molecule has 7 nitrogen and oxygen atoms in total. The number of nitrogens with one attached hydrogen (secondary N) is 1. The van der Waals surface area contributed by atoms with Gasteiger partial charge in [-0.05, 0) is 48.7 Å². The summed E-state index contributed by atoms with van der Waals surface area (Å²) in [6.45, 7) is 2.36. The highest BCUT2D eigenvalue weighted by molar-refractivity contribution is 8.26. The predicted octanol–water partition coefficient (Wildman–Crippen LogP) is 3.50. The fourth-order valence-corrected chi connectivity index (χ4v) is 4.78. The molecule has 1 aromatic carbocycles. The molecule has 1 fully saturated rings. The molecule has 1 aliphatic heterocycles. The van der Waals surface area contributed by atoms with Crippen LogP contribution in [0.15, 0.2) is 52.3 Å². The van der Waals surface area contributed by atoms with Crippen molar-refractivity contribution in [2.24, 2.45) is 0 Å². The van der Waals surface area contributed by atoms with Crippen molar-refractivity contribution in [3.05, 3.63) is 74.5 Å². The highest BCUT2D eigenvalue weighted by Crippen LogP contribution is 2.33. The van der Waals surface area contributed by atoms with Crippen LogP contribution >= 0.6 is 24.0 Å². The number of pyridine rings is 1. The molecule has 0 atom stereocenters. The van der Waals surface area contributed by atoms with Crippen LogP contribution in [-0.4, -0.2) is 45.2 Å². The van der Waals surface area contributed by atoms with Gasteiger partial charge in [0.05, 0.1) is 17.6 Å². The molecule has 0 aliphatic carbocycles. The summed E-state index contributed by atoms with van der Waals surface area (Å²) in [4.78, 5) is 32.8. The van der Waals surface area contributed by atoms with Gasteiger partial charge in [0.1, 0.15) is 21.5 Å². The SMILES string of the molecule is CNc1nc2c(C)cccn2c(=O)c1/C=C1\SC(=S)N(CCc2ccc(OC)cc2)C1=O. The number of rotatable bonds is 6. The van der Waals surface area contributed by atoms with Crippen molar-refractivity contribution >= 4 is 51.7 Å². The molecule has 1 saturated heterocycles. The number of fused-ring (bicyclic) bond motifs is 1. The average molecular weight is 467 g/mol. The zero-order valence-electron chi connectivity index (χ0n) is 17.9.